The van der Waals surface area contributed by atoms with Gasteiger partial charge in [0, 0.05) is 23.1 Å². The van der Waals surface area contributed by atoms with E-state index in [2.05, 4.69) is 65.1 Å². The van der Waals surface area contributed by atoms with Crippen LogP contribution in [0.25, 0.3) is 0 Å². The third kappa shape index (κ3) is 3.13. The van der Waals surface area contributed by atoms with E-state index in [9.17, 15) is 0 Å². The topological polar surface area (TPSA) is 3.24 Å². The van der Waals surface area contributed by atoms with Crippen molar-refractivity contribution < 1.29 is 0 Å². The Kier molecular flexibility index (Phi) is 4.89. The van der Waals surface area contributed by atoms with Crippen LogP contribution in [0, 0.1) is 0 Å². The monoisotopic (exact) mass is 337 g/mol. The number of nitrogens with zero attached hydrogens (tertiary/aromatic N) is 1. The van der Waals surface area contributed by atoms with Crippen molar-refractivity contribution in [2.45, 2.75) is 18.3 Å². The number of hydrogen-bond donors (Lipinski definition) is 0. The van der Waals surface area contributed by atoms with E-state index in [0.717, 1.165) is 15.9 Å². The normalized spacial score (nSPS) is 12.2. The molecule has 2 aromatic rings. The van der Waals surface area contributed by atoms with Crippen molar-refractivity contribution in [2.24, 2.45) is 0 Å². The molecule has 1 atom stereocenters. The minimum atomic E-state index is 0.230. The van der Waals surface area contributed by atoms with E-state index < -0.39 is 0 Å². The van der Waals surface area contributed by atoms with Gasteiger partial charge in [-0.25, -0.2) is 0 Å². The Morgan fingerprint density at radius 2 is 1.74 bits per heavy atom. The van der Waals surface area contributed by atoms with Crippen molar-refractivity contribution >= 4 is 33.2 Å². The zero-order valence-electron chi connectivity index (χ0n) is 11.1. The number of para-hydroxylation sites is 1. The van der Waals surface area contributed by atoms with Crippen LogP contribution in [0.1, 0.15) is 24.1 Å². The fraction of sp³-hybridized carbons (Fsp3) is 0.250. The molecule has 0 fully saturated rings. The quantitative estimate of drug-likeness (QED) is 0.672. The van der Waals surface area contributed by atoms with Gasteiger partial charge in [0.05, 0.1) is 6.04 Å². The van der Waals surface area contributed by atoms with Gasteiger partial charge in [0.25, 0.3) is 0 Å². The average Bonchev–Trinajstić information content (AvgIpc) is 2.46. The molecule has 0 spiro atoms. The molecule has 0 aliphatic carbocycles. The average molecular weight is 339 g/mol. The zero-order chi connectivity index (χ0) is 13.8. The molecule has 0 bridgehead atoms. The Morgan fingerprint density at radius 1 is 1.11 bits per heavy atom. The molecular weight excluding hydrogens is 322 g/mol. The maximum Gasteiger partial charge on any atom is 0.0525 e. The van der Waals surface area contributed by atoms with E-state index in [4.69, 9.17) is 11.6 Å². The number of benzene rings is 2. The van der Waals surface area contributed by atoms with Crippen LogP contribution in [0.4, 0.5) is 5.69 Å². The second-order valence-electron chi connectivity index (χ2n) is 4.57. The Balaban J connectivity index is 2.34. The summed E-state index contributed by atoms with van der Waals surface area (Å²) in [5, 5.41) is 1.67. The summed E-state index contributed by atoms with van der Waals surface area (Å²) >= 11 is 9.83. The van der Waals surface area contributed by atoms with Crippen molar-refractivity contribution in [1.82, 2.24) is 0 Å². The fourth-order valence-corrected chi connectivity index (χ4v) is 2.97. The molecule has 2 rings (SSSR count). The van der Waals surface area contributed by atoms with Gasteiger partial charge in [0.2, 0.25) is 0 Å². The summed E-state index contributed by atoms with van der Waals surface area (Å²) in [6.45, 7) is 2.17. The van der Waals surface area contributed by atoms with E-state index in [1.165, 1.54) is 11.3 Å². The Bertz CT molecular complexity index is 556. The molecule has 2 aromatic carbocycles. The molecule has 3 heteroatoms. The smallest absolute Gasteiger partial charge is 0.0525 e. The van der Waals surface area contributed by atoms with Crippen LogP contribution in [-0.2, 0) is 5.33 Å². The van der Waals surface area contributed by atoms with Crippen molar-refractivity contribution in [3.05, 3.63) is 64.7 Å². The van der Waals surface area contributed by atoms with E-state index >= 15 is 0 Å². The van der Waals surface area contributed by atoms with Crippen molar-refractivity contribution in [3.63, 3.8) is 0 Å². The molecule has 0 radical (unpaired) electrons. The van der Waals surface area contributed by atoms with Crippen LogP contribution in [0.15, 0.2) is 48.5 Å². The summed E-state index contributed by atoms with van der Waals surface area (Å²) < 4.78 is 0. The lowest BCUT2D eigenvalue weighted by molar-refractivity contribution is 0.737. The number of anilines is 1. The maximum absolute atomic E-state index is 6.29. The summed E-state index contributed by atoms with van der Waals surface area (Å²) in [6, 6.07) is 16.7. The van der Waals surface area contributed by atoms with Crippen LogP contribution in [0.5, 0.6) is 0 Å². The van der Waals surface area contributed by atoms with Gasteiger partial charge >= 0.3 is 0 Å². The third-order valence-electron chi connectivity index (χ3n) is 3.45. The minimum absolute atomic E-state index is 0.230. The lowest BCUT2D eigenvalue weighted by Crippen LogP contribution is -2.22. The van der Waals surface area contributed by atoms with E-state index in [1.54, 1.807) is 0 Å². The maximum atomic E-state index is 6.29. The van der Waals surface area contributed by atoms with Crippen molar-refractivity contribution in [2.75, 3.05) is 11.9 Å². The second-order valence-corrected chi connectivity index (χ2v) is 5.54. The second kappa shape index (κ2) is 6.44. The first-order valence-corrected chi connectivity index (χ1v) is 7.76. The number of alkyl halides is 1. The molecular formula is C16H17BrClN. The lowest BCUT2D eigenvalue weighted by Gasteiger charge is -2.29. The molecule has 19 heavy (non-hydrogen) atoms. The first kappa shape index (κ1) is 14.4. The zero-order valence-corrected chi connectivity index (χ0v) is 13.4. The van der Waals surface area contributed by atoms with Crippen LogP contribution in [0.3, 0.4) is 0 Å². The van der Waals surface area contributed by atoms with Gasteiger partial charge in [-0.1, -0.05) is 63.9 Å². The number of halogens is 2. The minimum Gasteiger partial charge on any atom is -0.368 e. The number of hydrogen-bond acceptors (Lipinski definition) is 1. The predicted octanol–water partition coefficient (Wildman–Crippen LogP) is 5.43. The Hall–Kier alpha value is -0.990. The Morgan fingerprint density at radius 3 is 2.42 bits per heavy atom. The highest BCUT2D eigenvalue weighted by Crippen LogP contribution is 2.32. The van der Waals surface area contributed by atoms with E-state index in [-0.39, 0.29) is 6.04 Å². The largest absolute Gasteiger partial charge is 0.368 e. The molecule has 0 amide bonds. The molecule has 0 aliphatic rings. The molecule has 100 valence electrons. The summed E-state index contributed by atoms with van der Waals surface area (Å²) in [6.07, 6.45) is 0. The van der Waals surface area contributed by atoms with Gasteiger partial charge in [-0.3, -0.25) is 0 Å². The summed E-state index contributed by atoms with van der Waals surface area (Å²) in [7, 11) is 2.11. The number of rotatable bonds is 4. The fourth-order valence-electron chi connectivity index (χ4n) is 2.20. The highest BCUT2D eigenvalue weighted by atomic mass is 79.9. The van der Waals surface area contributed by atoms with Crippen LogP contribution in [0.2, 0.25) is 5.02 Å². The molecule has 1 unspecified atom stereocenters. The van der Waals surface area contributed by atoms with Crippen molar-refractivity contribution in [1.29, 1.82) is 0 Å². The Labute approximate surface area is 128 Å². The third-order valence-corrected chi connectivity index (χ3v) is 4.40. The highest BCUT2D eigenvalue weighted by Gasteiger charge is 2.16. The van der Waals surface area contributed by atoms with Gasteiger partial charge < -0.3 is 4.90 Å². The van der Waals surface area contributed by atoms with Gasteiger partial charge in [-0.2, -0.15) is 0 Å². The lowest BCUT2D eigenvalue weighted by atomic mass is 10.1. The molecule has 0 saturated carbocycles. The molecule has 0 N–H and O–H groups in total. The van der Waals surface area contributed by atoms with Gasteiger partial charge in [0.1, 0.15) is 0 Å². The summed E-state index contributed by atoms with van der Waals surface area (Å²) in [4.78, 5) is 2.26. The predicted molar refractivity (Wildman–Crippen MR) is 87.3 cm³/mol. The van der Waals surface area contributed by atoms with Gasteiger partial charge in [-0.15, -0.1) is 0 Å². The summed E-state index contributed by atoms with van der Waals surface area (Å²) in [5.41, 5.74) is 3.66. The molecule has 1 nitrogen and oxygen atoms in total. The molecule has 0 aliphatic heterocycles. The van der Waals surface area contributed by atoms with Gasteiger partial charge in [0.15, 0.2) is 0 Å². The summed E-state index contributed by atoms with van der Waals surface area (Å²) in [5.74, 6) is 0. The molecule has 0 heterocycles. The van der Waals surface area contributed by atoms with Crippen LogP contribution in [-0.4, -0.2) is 7.05 Å². The van der Waals surface area contributed by atoms with E-state index in [0.29, 0.717) is 0 Å². The molecule has 0 aromatic heterocycles. The highest BCUT2D eigenvalue weighted by molar-refractivity contribution is 9.08. The molecule has 0 saturated heterocycles. The van der Waals surface area contributed by atoms with Crippen LogP contribution < -0.4 is 4.90 Å². The van der Waals surface area contributed by atoms with Gasteiger partial charge in [-0.05, 0) is 30.2 Å². The first-order valence-electron chi connectivity index (χ1n) is 6.26. The van der Waals surface area contributed by atoms with Crippen molar-refractivity contribution in [3.8, 4) is 0 Å². The van der Waals surface area contributed by atoms with E-state index in [1.807, 2.05) is 18.2 Å². The first-order chi connectivity index (χ1) is 9.15. The van der Waals surface area contributed by atoms with Crippen LogP contribution >= 0.6 is 27.5 Å². The SMILES string of the molecule is CC(c1ccccc1Cl)N(C)c1ccccc1CBr. The standard InChI is InChI=1S/C16H17BrClN/c1-12(14-8-4-5-9-15(14)18)19(2)16-10-6-3-7-13(16)11-17/h3-10,12H,11H2,1-2H3.